The normalized spacial score (nSPS) is 11.8. The predicted octanol–water partition coefficient (Wildman–Crippen LogP) is 1.40. The van der Waals surface area contributed by atoms with E-state index in [0.29, 0.717) is 19.6 Å². The summed E-state index contributed by atoms with van der Waals surface area (Å²) in [5.41, 5.74) is 0.882. The Hall–Kier alpha value is -1.88. The molecule has 1 aromatic carbocycles. The molecule has 1 rings (SSSR count). The van der Waals surface area contributed by atoms with Gasteiger partial charge in [0.25, 0.3) is 0 Å². The molecule has 1 unspecified atom stereocenters. The SMILES string of the molecule is CCN(CC)C(=O)CNCC(C(=O)OC)c1ccccc1. The van der Waals surface area contributed by atoms with Gasteiger partial charge < -0.3 is 15.0 Å². The molecule has 0 heterocycles. The highest BCUT2D eigenvalue weighted by atomic mass is 16.5. The van der Waals surface area contributed by atoms with E-state index in [4.69, 9.17) is 4.74 Å². The molecule has 1 atom stereocenters. The Morgan fingerprint density at radius 1 is 1.19 bits per heavy atom. The van der Waals surface area contributed by atoms with E-state index in [0.717, 1.165) is 5.56 Å². The third-order valence-corrected chi connectivity index (χ3v) is 3.43. The number of rotatable bonds is 8. The number of hydrogen-bond acceptors (Lipinski definition) is 4. The second kappa shape index (κ2) is 9.13. The number of methoxy groups -OCH3 is 1. The van der Waals surface area contributed by atoms with Gasteiger partial charge in [0.05, 0.1) is 19.6 Å². The van der Waals surface area contributed by atoms with Gasteiger partial charge >= 0.3 is 5.97 Å². The topological polar surface area (TPSA) is 58.6 Å². The van der Waals surface area contributed by atoms with E-state index in [-0.39, 0.29) is 18.4 Å². The zero-order valence-electron chi connectivity index (χ0n) is 13.0. The van der Waals surface area contributed by atoms with Gasteiger partial charge in [0, 0.05) is 19.6 Å². The second-order valence-corrected chi connectivity index (χ2v) is 4.68. The summed E-state index contributed by atoms with van der Waals surface area (Å²) in [4.78, 5) is 25.5. The number of carbonyl (C=O) groups is 2. The van der Waals surface area contributed by atoms with Crippen LogP contribution in [0.25, 0.3) is 0 Å². The molecule has 1 aromatic rings. The lowest BCUT2D eigenvalue weighted by Gasteiger charge is -2.20. The molecule has 5 nitrogen and oxygen atoms in total. The highest BCUT2D eigenvalue weighted by Gasteiger charge is 2.21. The van der Waals surface area contributed by atoms with Crippen molar-refractivity contribution in [3.63, 3.8) is 0 Å². The molecule has 0 fully saturated rings. The molecule has 116 valence electrons. The average molecular weight is 292 g/mol. The fourth-order valence-corrected chi connectivity index (χ4v) is 2.18. The number of ether oxygens (including phenoxy) is 1. The predicted molar refractivity (Wildman–Crippen MR) is 82.0 cm³/mol. The summed E-state index contributed by atoms with van der Waals surface area (Å²) < 4.78 is 4.84. The fourth-order valence-electron chi connectivity index (χ4n) is 2.18. The summed E-state index contributed by atoms with van der Waals surface area (Å²) >= 11 is 0. The Morgan fingerprint density at radius 3 is 2.33 bits per heavy atom. The number of nitrogens with zero attached hydrogens (tertiary/aromatic N) is 1. The first-order valence-corrected chi connectivity index (χ1v) is 7.25. The van der Waals surface area contributed by atoms with Crippen LogP contribution >= 0.6 is 0 Å². The molecule has 0 aromatic heterocycles. The standard InChI is InChI=1S/C16H24N2O3/c1-4-18(5-2)15(19)12-17-11-14(16(20)21-3)13-9-7-6-8-10-13/h6-10,14,17H,4-5,11-12H2,1-3H3. The van der Waals surface area contributed by atoms with Crippen LogP contribution in [0.3, 0.4) is 0 Å². The number of carbonyl (C=O) groups excluding carboxylic acids is 2. The molecule has 1 amide bonds. The quantitative estimate of drug-likeness (QED) is 0.736. The highest BCUT2D eigenvalue weighted by Crippen LogP contribution is 2.16. The van der Waals surface area contributed by atoms with Crippen LogP contribution in [0.4, 0.5) is 0 Å². The van der Waals surface area contributed by atoms with Crippen molar-refractivity contribution in [2.24, 2.45) is 0 Å². The maximum atomic E-state index is 11.9. The highest BCUT2D eigenvalue weighted by molar-refractivity contribution is 5.79. The second-order valence-electron chi connectivity index (χ2n) is 4.68. The average Bonchev–Trinajstić information content (AvgIpc) is 2.53. The van der Waals surface area contributed by atoms with Crippen molar-refractivity contribution in [2.45, 2.75) is 19.8 Å². The first kappa shape index (κ1) is 17.2. The van der Waals surface area contributed by atoms with Crippen molar-refractivity contribution in [3.05, 3.63) is 35.9 Å². The van der Waals surface area contributed by atoms with Crippen molar-refractivity contribution >= 4 is 11.9 Å². The largest absolute Gasteiger partial charge is 0.469 e. The Kier molecular flexibility index (Phi) is 7.46. The van der Waals surface area contributed by atoms with E-state index < -0.39 is 5.92 Å². The monoisotopic (exact) mass is 292 g/mol. The molecule has 21 heavy (non-hydrogen) atoms. The molecule has 0 saturated heterocycles. The molecule has 5 heteroatoms. The third-order valence-electron chi connectivity index (χ3n) is 3.43. The fraction of sp³-hybridized carbons (Fsp3) is 0.500. The van der Waals surface area contributed by atoms with Crippen LogP contribution in [0.2, 0.25) is 0 Å². The van der Waals surface area contributed by atoms with Gasteiger partial charge in [-0.25, -0.2) is 0 Å². The molecular weight excluding hydrogens is 268 g/mol. The van der Waals surface area contributed by atoms with Crippen molar-refractivity contribution in [2.75, 3.05) is 33.3 Å². The van der Waals surface area contributed by atoms with Crippen LogP contribution in [0.15, 0.2) is 30.3 Å². The maximum absolute atomic E-state index is 11.9. The summed E-state index contributed by atoms with van der Waals surface area (Å²) in [7, 11) is 1.37. The van der Waals surface area contributed by atoms with E-state index in [1.807, 2.05) is 44.2 Å². The van der Waals surface area contributed by atoms with Gasteiger partial charge in [0.2, 0.25) is 5.91 Å². The maximum Gasteiger partial charge on any atom is 0.314 e. The molecule has 0 aliphatic rings. The van der Waals surface area contributed by atoms with Gasteiger partial charge in [0.1, 0.15) is 0 Å². The molecule has 0 bridgehead atoms. The minimum absolute atomic E-state index is 0.0386. The summed E-state index contributed by atoms with van der Waals surface area (Å²) in [5, 5.41) is 3.06. The van der Waals surface area contributed by atoms with E-state index in [9.17, 15) is 9.59 Å². The van der Waals surface area contributed by atoms with Gasteiger partial charge in [-0.2, -0.15) is 0 Å². The van der Waals surface area contributed by atoms with Crippen molar-refractivity contribution in [3.8, 4) is 0 Å². The van der Waals surface area contributed by atoms with Crippen LogP contribution < -0.4 is 5.32 Å². The van der Waals surface area contributed by atoms with Crippen LogP contribution in [0.1, 0.15) is 25.3 Å². The van der Waals surface area contributed by atoms with Crippen LogP contribution in [0.5, 0.6) is 0 Å². The lowest BCUT2D eigenvalue weighted by molar-refractivity contribution is -0.142. The van der Waals surface area contributed by atoms with E-state index in [1.165, 1.54) is 7.11 Å². The molecular formula is C16H24N2O3. The van der Waals surface area contributed by atoms with Gasteiger partial charge in [-0.1, -0.05) is 30.3 Å². The van der Waals surface area contributed by atoms with Gasteiger partial charge in [0.15, 0.2) is 0 Å². The molecule has 0 spiro atoms. The van der Waals surface area contributed by atoms with Crippen molar-refractivity contribution in [1.82, 2.24) is 10.2 Å². The van der Waals surface area contributed by atoms with Crippen LogP contribution in [-0.2, 0) is 14.3 Å². The Balaban J connectivity index is 2.59. The number of esters is 1. The van der Waals surface area contributed by atoms with E-state index >= 15 is 0 Å². The molecule has 1 N–H and O–H groups in total. The number of nitrogens with one attached hydrogen (secondary N) is 1. The Labute approximate surface area is 126 Å². The number of benzene rings is 1. The van der Waals surface area contributed by atoms with Crippen molar-refractivity contribution < 1.29 is 14.3 Å². The number of hydrogen-bond donors (Lipinski definition) is 1. The van der Waals surface area contributed by atoms with Crippen molar-refractivity contribution in [1.29, 1.82) is 0 Å². The van der Waals surface area contributed by atoms with E-state index in [2.05, 4.69) is 5.32 Å². The minimum Gasteiger partial charge on any atom is -0.469 e. The van der Waals surface area contributed by atoms with Gasteiger partial charge in [-0.15, -0.1) is 0 Å². The lowest BCUT2D eigenvalue weighted by Crippen LogP contribution is -2.39. The first-order valence-electron chi connectivity index (χ1n) is 7.25. The summed E-state index contributed by atoms with van der Waals surface area (Å²) in [6, 6.07) is 9.43. The van der Waals surface area contributed by atoms with Crippen LogP contribution in [0, 0.1) is 0 Å². The minimum atomic E-state index is -0.402. The summed E-state index contributed by atoms with van der Waals surface area (Å²) in [6.45, 7) is 5.88. The van der Waals surface area contributed by atoms with Crippen LogP contribution in [-0.4, -0.2) is 50.1 Å². The smallest absolute Gasteiger partial charge is 0.314 e. The molecule has 0 aliphatic carbocycles. The Bertz CT molecular complexity index is 444. The summed E-state index contributed by atoms with van der Waals surface area (Å²) in [5.74, 6) is -0.665. The van der Waals surface area contributed by atoms with Gasteiger partial charge in [-0.05, 0) is 19.4 Å². The number of amides is 1. The first-order chi connectivity index (χ1) is 10.1. The lowest BCUT2D eigenvalue weighted by atomic mass is 9.99. The number of likely N-dealkylation sites (N-methyl/N-ethyl adjacent to an activating group) is 1. The molecule has 0 radical (unpaired) electrons. The zero-order chi connectivity index (χ0) is 15.7. The summed E-state index contributed by atoms with van der Waals surface area (Å²) in [6.07, 6.45) is 0. The molecule has 0 aliphatic heterocycles. The third kappa shape index (κ3) is 5.19. The zero-order valence-corrected chi connectivity index (χ0v) is 13.0. The molecule has 0 saturated carbocycles. The Morgan fingerprint density at radius 2 is 1.81 bits per heavy atom. The van der Waals surface area contributed by atoms with E-state index in [1.54, 1.807) is 4.90 Å². The van der Waals surface area contributed by atoms with Gasteiger partial charge in [-0.3, -0.25) is 9.59 Å².